The Bertz CT molecular complexity index is 750. The van der Waals surface area contributed by atoms with Crippen LogP contribution in [-0.4, -0.2) is 25.6 Å². The molecule has 2 aromatic rings. The van der Waals surface area contributed by atoms with E-state index in [4.69, 9.17) is 15.2 Å². The molecule has 2 aromatic carbocycles. The van der Waals surface area contributed by atoms with Gasteiger partial charge in [0.15, 0.2) is 11.5 Å². The van der Waals surface area contributed by atoms with E-state index in [1.54, 1.807) is 7.11 Å². The zero-order valence-corrected chi connectivity index (χ0v) is 15.4. The number of hydrogen-bond acceptors (Lipinski definition) is 4. The van der Waals surface area contributed by atoms with Crippen molar-refractivity contribution in [2.24, 2.45) is 5.73 Å². The van der Waals surface area contributed by atoms with Gasteiger partial charge in [0.25, 0.3) is 0 Å². The Morgan fingerprint density at radius 3 is 2.48 bits per heavy atom. The van der Waals surface area contributed by atoms with Crippen molar-refractivity contribution in [2.75, 3.05) is 13.7 Å². The average Bonchev–Trinajstić information content (AvgIpc) is 2.69. The van der Waals surface area contributed by atoms with Crippen molar-refractivity contribution in [3.8, 4) is 11.5 Å². The number of carbonyl (C=O) groups is 2. The maximum absolute atomic E-state index is 11.8. The van der Waals surface area contributed by atoms with Crippen molar-refractivity contribution in [3.63, 3.8) is 0 Å². The fourth-order valence-electron chi connectivity index (χ4n) is 2.43. The maximum Gasteiger partial charge on any atom is 0.312 e. The molecule has 7 nitrogen and oxygen atoms in total. The Kier molecular flexibility index (Phi) is 7.96. The lowest BCUT2D eigenvalue weighted by atomic mass is 10.2. The van der Waals surface area contributed by atoms with Crippen LogP contribution in [-0.2, 0) is 17.9 Å². The second-order valence-electron chi connectivity index (χ2n) is 5.93. The number of rotatable bonds is 10. The minimum absolute atomic E-state index is 0.0929. The van der Waals surface area contributed by atoms with Gasteiger partial charge in [0.2, 0.25) is 5.91 Å². The van der Waals surface area contributed by atoms with Crippen LogP contribution in [0, 0.1) is 0 Å². The fourth-order valence-corrected chi connectivity index (χ4v) is 2.43. The van der Waals surface area contributed by atoms with Crippen LogP contribution >= 0.6 is 0 Å². The number of benzene rings is 2. The zero-order valence-electron chi connectivity index (χ0n) is 15.4. The summed E-state index contributed by atoms with van der Waals surface area (Å²) < 4.78 is 11.2. The molecule has 7 heteroatoms. The molecule has 0 unspecified atom stereocenters. The van der Waals surface area contributed by atoms with E-state index >= 15 is 0 Å². The van der Waals surface area contributed by atoms with E-state index in [0.717, 1.165) is 11.1 Å². The number of carbonyl (C=O) groups excluding carboxylic acids is 2. The first kappa shape index (κ1) is 20.1. The van der Waals surface area contributed by atoms with Gasteiger partial charge in [0.05, 0.1) is 7.11 Å². The Morgan fingerprint density at radius 1 is 1.00 bits per heavy atom. The lowest BCUT2D eigenvalue weighted by molar-refractivity contribution is -0.121. The monoisotopic (exact) mass is 371 g/mol. The lowest BCUT2D eigenvalue weighted by Gasteiger charge is -2.13. The highest BCUT2D eigenvalue weighted by Crippen LogP contribution is 2.28. The van der Waals surface area contributed by atoms with Crippen LogP contribution < -0.4 is 25.8 Å². The lowest BCUT2D eigenvalue weighted by Crippen LogP contribution is -2.31. The standard InChI is InChI=1S/C20H25N3O4/c1-26-18-12-16(13-23-19(24)8-5-11-22-20(21)25)9-10-17(18)27-14-15-6-3-2-4-7-15/h2-4,6-7,9-10,12H,5,8,11,13-14H2,1H3,(H,23,24)(H3,21,22,25). The normalized spacial score (nSPS) is 10.1. The van der Waals surface area contributed by atoms with E-state index in [-0.39, 0.29) is 5.91 Å². The van der Waals surface area contributed by atoms with Crippen molar-refractivity contribution >= 4 is 11.9 Å². The van der Waals surface area contributed by atoms with Crippen LogP contribution in [0.1, 0.15) is 24.0 Å². The Hall–Kier alpha value is -3.22. The largest absolute Gasteiger partial charge is 0.493 e. The highest BCUT2D eigenvalue weighted by atomic mass is 16.5. The molecule has 0 saturated carbocycles. The molecule has 0 aliphatic carbocycles. The minimum atomic E-state index is -0.586. The molecule has 4 N–H and O–H groups in total. The number of hydrogen-bond donors (Lipinski definition) is 3. The second kappa shape index (κ2) is 10.7. The number of nitrogens with two attached hydrogens (primary N) is 1. The number of amides is 3. The van der Waals surface area contributed by atoms with Crippen LogP contribution in [0.2, 0.25) is 0 Å². The van der Waals surface area contributed by atoms with Crippen LogP contribution in [0.15, 0.2) is 48.5 Å². The van der Waals surface area contributed by atoms with Gasteiger partial charge < -0.3 is 25.8 Å². The summed E-state index contributed by atoms with van der Waals surface area (Å²) in [4.78, 5) is 22.4. The molecule has 2 rings (SSSR count). The molecule has 0 aliphatic rings. The molecule has 0 aromatic heterocycles. The average molecular weight is 371 g/mol. The number of methoxy groups -OCH3 is 1. The van der Waals surface area contributed by atoms with Crippen molar-refractivity contribution < 1.29 is 19.1 Å². The van der Waals surface area contributed by atoms with Crippen molar-refractivity contribution in [2.45, 2.75) is 26.0 Å². The van der Waals surface area contributed by atoms with Crippen molar-refractivity contribution in [1.82, 2.24) is 10.6 Å². The summed E-state index contributed by atoms with van der Waals surface area (Å²) in [5, 5.41) is 5.28. The molecule has 0 bridgehead atoms. The molecule has 0 spiro atoms. The van der Waals surface area contributed by atoms with Gasteiger partial charge in [-0.1, -0.05) is 36.4 Å². The Balaban J connectivity index is 1.82. The SMILES string of the molecule is COc1cc(CNC(=O)CCCNC(N)=O)ccc1OCc1ccccc1. The van der Waals surface area contributed by atoms with E-state index in [2.05, 4.69) is 10.6 Å². The molecular formula is C20H25N3O4. The van der Waals surface area contributed by atoms with Crippen LogP contribution in [0.4, 0.5) is 4.79 Å². The van der Waals surface area contributed by atoms with Gasteiger partial charge in [-0.15, -0.1) is 0 Å². The minimum Gasteiger partial charge on any atom is -0.493 e. The third-order valence-electron chi connectivity index (χ3n) is 3.83. The molecule has 0 aliphatic heterocycles. The maximum atomic E-state index is 11.8. The predicted molar refractivity (Wildman–Crippen MR) is 102 cm³/mol. The van der Waals surface area contributed by atoms with Crippen molar-refractivity contribution in [3.05, 3.63) is 59.7 Å². The summed E-state index contributed by atoms with van der Waals surface area (Å²) >= 11 is 0. The number of nitrogens with one attached hydrogen (secondary N) is 2. The molecule has 27 heavy (non-hydrogen) atoms. The van der Waals surface area contributed by atoms with Gasteiger partial charge >= 0.3 is 6.03 Å². The van der Waals surface area contributed by atoms with Gasteiger partial charge in [0.1, 0.15) is 6.61 Å². The van der Waals surface area contributed by atoms with Gasteiger partial charge in [-0.25, -0.2) is 4.79 Å². The molecule has 0 radical (unpaired) electrons. The fraction of sp³-hybridized carbons (Fsp3) is 0.300. The number of primary amides is 1. The summed E-state index contributed by atoms with van der Waals surface area (Å²) in [7, 11) is 1.58. The zero-order chi connectivity index (χ0) is 19.5. The van der Waals surface area contributed by atoms with E-state index in [1.165, 1.54) is 0 Å². The molecule has 0 heterocycles. The van der Waals surface area contributed by atoms with Gasteiger partial charge in [-0.3, -0.25) is 4.79 Å². The Morgan fingerprint density at radius 2 is 1.78 bits per heavy atom. The van der Waals surface area contributed by atoms with Crippen molar-refractivity contribution in [1.29, 1.82) is 0 Å². The van der Waals surface area contributed by atoms with Gasteiger partial charge in [-0.05, 0) is 29.7 Å². The molecule has 0 fully saturated rings. The van der Waals surface area contributed by atoms with E-state index < -0.39 is 6.03 Å². The summed E-state index contributed by atoms with van der Waals surface area (Å²) in [6, 6.07) is 14.9. The third-order valence-corrected chi connectivity index (χ3v) is 3.83. The summed E-state index contributed by atoms with van der Waals surface area (Å²) in [5.41, 5.74) is 6.94. The Labute approximate surface area is 158 Å². The quantitative estimate of drug-likeness (QED) is 0.558. The smallest absolute Gasteiger partial charge is 0.312 e. The van der Waals surface area contributed by atoms with E-state index in [9.17, 15) is 9.59 Å². The molecule has 0 saturated heterocycles. The van der Waals surface area contributed by atoms with Crippen LogP contribution in [0.3, 0.4) is 0 Å². The third kappa shape index (κ3) is 7.27. The van der Waals surface area contributed by atoms with Crippen LogP contribution in [0.5, 0.6) is 11.5 Å². The van der Waals surface area contributed by atoms with Gasteiger partial charge in [-0.2, -0.15) is 0 Å². The first-order valence-electron chi connectivity index (χ1n) is 8.72. The summed E-state index contributed by atoms with van der Waals surface area (Å²) in [6.45, 7) is 1.22. The highest BCUT2D eigenvalue weighted by molar-refractivity contribution is 5.76. The van der Waals surface area contributed by atoms with Crippen LogP contribution in [0.25, 0.3) is 0 Å². The summed E-state index contributed by atoms with van der Waals surface area (Å²) in [5.74, 6) is 1.17. The number of ether oxygens (including phenoxy) is 2. The summed E-state index contributed by atoms with van der Waals surface area (Å²) in [6.07, 6.45) is 0.847. The topological polar surface area (TPSA) is 103 Å². The highest BCUT2D eigenvalue weighted by Gasteiger charge is 2.08. The second-order valence-corrected chi connectivity index (χ2v) is 5.93. The molecule has 0 atom stereocenters. The van der Waals surface area contributed by atoms with Gasteiger partial charge in [0, 0.05) is 19.5 Å². The van der Waals surface area contributed by atoms with E-state index in [0.29, 0.717) is 44.0 Å². The molecule has 144 valence electrons. The molecular weight excluding hydrogens is 346 g/mol. The molecule has 3 amide bonds. The first-order valence-corrected chi connectivity index (χ1v) is 8.72. The first-order chi connectivity index (χ1) is 13.1. The van der Waals surface area contributed by atoms with E-state index in [1.807, 2.05) is 48.5 Å². The number of urea groups is 1. The predicted octanol–water partition coefficient (Wildman–Crippen LogP) is 2.34.